The first kappa shape index (κ1) is 16.3. The third-order valence-corrected chi connectivity index (χ3v) is 4.17. The molecule has 0 aliphatic carbocycles. The number of hydrogen-bond acceptors (Lipinski definition) is 3. The van der Waals surface area contributed by atoms with Gasteiger partial charge in [-0.3, -0.25) is 0 Å². The Hall–Kier alpha value is -1.10. The minimum atomic E-state index is -0.285. The van der Waals surface area contributed by atoms with Crippen LogP contribution < -0.4 is 0 Å². The van der Waals surface area contributed by atoms with Crippen molar-refractivity contribution in [2.24, 2.45) is 0 Å². The van der Waals surface area contributed by atoms with E-state index in [2.05, 4.69) is 77.0 Å². The van der Waals surface area contributed by atoms with Gasteiger partial charge in [-0.25, -0.2) is 0 Å². The lowest BCUT2D eigenvalue weighted by Crippen LogP contribution is -2.41. The van der Waals surface area contributed by atoms with Crippen LogP contribution in [-0.4, -0.2) is 37.3 Å². The molecule has 1 aromatic rings. The predicted octanol–water partition coefficient (Wildman–Crippen LogP) is 3.39. The highest BCUT2D eigenvalue weighted by Crippen LogP contribution is 2.37. The maximum atomic E-state index is 5.96. The molecule has 1 fully saturated rings. The Kier molecular flexibility index (Phi) is 4.62. The third-order valence-electron chi connectivity index (χ3n) is 4.17. The summed E-state index contributed by atoms with van der Waals surface area (Å²) in [5, 5.41) is 0. The highest BCUT2D eigenvalue weighted by molar-refractivity contribution is 6.52. The highest BCUT2D eigenvalue weighted by atomic mass is 16.7. The Morgan fingerprint density at radius 2 is 1.71 bits per heavy atom. The van der Waals surface area contributed by atoms with E-state index < -0.39 is 0 Å². The van der Waals surface area contributed by atoms with Crippen molar-refractivity contribution in [1.82, 2.24) is 4.90 Å². The zero-order valence-corrected chi connectivity index (χ0v) is 14.0. The van der Waals surface area contributed by atoms with Gasteiger partial charge in [0.1, 0.15) is 0 Å². The van der Waals surface area contributed by atoms with Crippen molar-refractivity contribution in [2.45, 2.75) is 45.4 Å². The second-order valence-electron chi connectivity index (χ2n) is 6.97. The van der Waals surface area contributed by atoms with Crippen molar-refractivity contribution in [3.8, 4) is 0 Å². The molecular formula is C17H26BNO2. The van der Waals surface area contributed by atoms with Crippen LogP contribution in [0.2, 0.25) is 0 Å². The molecule has 0 spiro atoms. The quantitative estimate of drug-likeness (QED) is 0.792. The van der Waals surface area contributed by atoms with Crippen LogP contribution in [0.3, 0.4) is 0 Å². The summed E-state index contributed by atoms with van der Waals surface area (Å²) < 4.78 is 11.9. The topological polar surface area (TPSA) is 21.7 Å². The second kappa shape index (κ2) is 5.95. The summed E-state index contributed by atoms with van der Waals surface area (Å²) in [6.07, 6.45) is 2.07. The van der Waals surface area contributed by atoms with E-state index in [1.165, 1.54) is 11.1 Å². The van der Waals surface area contributed by atoms with Crippen LogP contribution in [-0.2, 0) is 15.9 Å². The van der Waals surface area contributed by atoms with Gasteiger partial charge in [-0.05, 0) is 52.9 Å². The molecule has 2 rings (SSSR count). The molecule has 0 amide bonds. The number of benzene rings is 1. The lowest BCUT2D eigenvalue weighted by molar-refractivity contribution is 0.00578. The molecule has 1 aliphatic heterocycles. The number of rotatable bonds is 4. The molecule has 1 saturated heterocycles. The predicted molar refractivity (Wildman–Crippen MR) is 88.9 cm³/mol. The Balaban J connectivity index is 2.05. The van der Waals surface area contributed by atoms with E-state index in [1.807, 2.05) is 5.98 Å². The van der Waals surface area contributed by atoms with E-state index in [-0.39, 0.29) is 18.3 Å². The molecule has 0 atom stereocenters. The van der Waals surface area contributed by atoms with Crippen LogP contribution in [0.5, 0.6) is 0 Å². The molecular weight excluding hydrogens is 261 g/mol. The fraction of sp³-hybridized carbons (Fsp3) is 0.529. The van der Waals surface area contributed by atoms with Gasteiger partial charge in [0.2, 0.25) is 0 Å². The molecule has 1 aromatic carbocycles. The van der Waals surface area contributed by atoms with Crippen LogP contribution in [0.15, 0.2) is 30.2 Å². The average molecular weight is 287 g/mol. The SMILES string of the molecule is CN(C)Cc1cccc(C=CB2OC(C)(C)C(C)(C)O2)c1. The lowest BCUT2D eigenvalue weighted by atomic mass is 9.89. The van der Waals surface area contributed by atoms with Gasteiger partial charge in [-0.2, -0.15) is 0 Å². The van der Waals surface area contributed by atoms with Gasteiger partial charge in [0.25, 0.3) is 0 Å². The summed E-state index contributed by atoms with van der Waals surface area (Å²) in [4.78, 5) is 2.16. The fourth-order valence-electron chi connectivity index (χ4n) is 2.32. The zero-order chi connectivity index (χ0) is 15.7. The minimum absolute atomic E-state index is 0.283. The van der Waals surface area contributed by atoms with Gasteiger partial charge >= 0.3 is 7.12 Å². The molecule has 1 heterocycles. The average Bonchev–Trinajstić information content (AvgIpc) is 2.55. The van der Waals surface area contributed by atoms with Crippen LogP contribution in [0.1, 0.15) is 38.8 Å². The molecule has 0 radical (unpaired) electrons. The van der Waals surface area contributed by atoms with Crippen molar-refractivity contribution in [3.05, 3.63) is 41.4 Å². The van der Waals surface area contributed by atoms with Crippen molar-refractivity contribution < 1.29 is 9.31 Å². The first-order chi connectivity index (χ1) is 9.69. The highest BCUT2D eigenvalue weighted by Gasteiger charge is 2.49. The first-order valence-electron chi connectivity index (χ1n) is 7.47. The van der Waals surface area contributed by atoms with E-state index in [4.69, 9.17) is 9.31 Å². The molecule has 21 heavy (non-hydrogen) atoms. The summed E-state index contributed by atoms with van der Waals surface area (Å²) in [5.41, 5.74) is 1.91. The largest absolute Gasteiger partial charge is 0.487 e. The summed E-state index contributed by atoms with van der Waals surface area (Å²) in [6, 6.07) is 8.53. The van der Waals surface area contributed by atoms with Gasteiger partial charge in [0.05, 0.1) is 11.2 Å². The molecule has 0 bridgehead atoms. The maximum absolute atomic E-state index is 5.96. The second-order valence-corrected chi connectivity index (χ2v) is 6.97. The van der Waals surface area contributed by atoms with Gasteiger partial charge in [0.15, 0.2) is 0 Å². The Bertz CT molecular complexity index is 507. The van der Waals surface area contributed by atoms with Crippen molar-refractivity contribution >= 4 is 13.2 Å². The Morgan fingerprint density at radius 3 is 2.29 bits per heavy atom. The zero-order valence-electron chi connectivity index (χ0n) is 14.0. The van der Waals surface area contributed by atoms with Gasteiger partial charge in [-0.15, -0.1) is 0 Å². The van der Waals surface area contributed by atoms with Crippen molar-refractivity contribution in [3.63, 3.8) is 0 Å². The van der Waals surface area contributed by atoms with E-state index >= 15 is 0 Å². The summed E-state index contributed by atoms with van der Waals surface area (Å²) in [6.45, 7) is 9.21. The van der Waals surface area contributed by atoms with E-state index in [0.29, 0.717) is 0 Å². The van der Waals surface area contributed by atoms with E-state index in [1.54, 1.807) is 0 Å². The smallest absolute Gasteiger partial charge is 0.400 e. The molecule has 0 unspecified atom stereocenters. The van der Waals surface area contributed by atoms with Crippen LogP contribution in [0.25, 0.3) is 6.08 Å². The summed E-state index contributed by atoms with van der Waals surface area (Å²) >= 11 is 0. The van der Waals surface area contributed by atoms with Crippen LogP contribution in [0.4, 0.5) is 0 Å². The van der Waals surface area contributed by atoms with Crippen LogP contribution >= 0.6 is 0 Å². The van der Waals surface area contributed by atoms with Gasteiger partial charge in [0, 0.05) is 6.54 Å². The first-order valence-corrected chi connectivity index (χ1v) is 7.47. The van der Waals surface area contributed by atoms with E-state index in [9.17, 15) is 0 Å². The Labute approximate surface area is 129 Å². The van der Waals surface area contributed by atoms with Gasteiger partial charge in [-0.1, -0.05) is 36.3 Å². The Morgan fingerprint density at radius 1 is 1.10 bits per heavy atom. The van der Waals surface area contributed by atoms with E-state index in [0.717, 1.165) is 6.54 Å². The maximum Gasteiger partial charge on any atom is 0.487 e. The third kappa shape index (κ3) is 3.97. The lowest BCUT2D eigenvalue weighted by Gasteiger charge is -2.32. The minimum Gasteiger partial charge on any atom is -0.400 e. The van der Waals surface area contributed by atoms with Gasteiger partial charge < -0.3 is 14.2 Å². The standard InChI is InChI=1S/C17H26BNO2/c1-16(2)17(3,4)21-18(20-16)11-10-14-8-7-9-15(12-14)13-19(5)6/h7-12H,13H2,1-6H3. The fourth-order valence-corrected chi connectivity index (χ4v) is 2.32. The van der Waals surface area contributed by atoms with Crippen molar-refractivity contribution in [2.75, 3.05) is 14.1 Å². The monoisotopic (exact) mass is 287 g/mol. The molecule has 4 heteroatoms. The molecule has 0 saturated carbocycles. The molecule has 0 N–H and O–H groups in total. The summed E-state index contributed by atoms with van der Waals surface area (Å²) in [7, 11) is 3.87. The van der Waals surface area contributed by atoms with Crippen molar-refractivity contribution in [1.29, 1.82) is 0 Å². The molecule has 0 aromatic heterocycles. The molecule has 114 valence electrons. The number of nitrogens with zero attached hydrogens (tertiary/aromatic N) is 1. The molecule has 3 nitrogen and oxygen atoms in total. The summed E-state index contributed by atoms with van der Waals surface area (Å²) in [5.74, 6) is 1.99. The molecule has 1 aliphatic rings. The number of hydrogen-bond donors (Lipinski definition) is 0. The van der Waals surface area contributed by atoms with Crippen LogP contribution in [0, 0.1) is 0 Å². The normalized spacial score (nSPS) is 20.6.